The summed E-state index contributed by atoms with van der Waals surface area (Å²) in [4.78, 5) is 11.8. The van der Waals surface area contributed by atoms with E-state index in [2.05, 4.69) is 21.2 Å². The van der Waals surface area contributed by atoms with Crippen molar-refractivity contribution >= 4 is 33.4 Å². The molecular weight excluding hydrogens is 289 g/mol. The van der Waals surface area contributed by atoms with E-state index in [0.717, 1.165) is 28.4 Å². The molecule has 1 aromatic rings. The molecule has 0 saturated heterocycles. The van der Waals surface area contributed by atoms with Gasteiger partial charge in [-0.2, -0.15) is 0 Å². The second-order valence-corrected chi connectivity index (χ2v) is 4.90. The van der Waals surface area contributed by atoms with Crippen LogP contribution in [-0.2, 0) is 0 Å². The third kappa shape index (κ3) is 4.14. The van der Waals surface area contributed by atoms with E-state index in [1.807, 2.05) is 25.1 Å². The lowest BCUT2D eigenvalue weighted by Crippen LogP contribution is -2.25. The maximum atomic E-state index is 11.8. The van der Waals surface area contributed by atoms with Gasteiger partial charge in [-0.25, -0.2) is 0 Å². The first kappa shape index (κ1) is 13.5. The Morgan fingerprint density at radius 3 is 2.81 bits per heavy atom. The van der Waals surface area contributed by atoms with E-state index in [9.17, 15) is 4.79 Å². The second-order valence-electron chi connectivity index (χ2n) is 3.61. The summed E-state index contributed by atoms with van der Waals surface area (Å²) >= 11 is 8.93. The van der Waals surface area contributed by atoms with E-state index in [0.29, 0.717) is 12.4 Å². The van der Waals surface area contributed by atoms with E-state index < -0.39 is 0 Å². The number of rotatable bonds is 5. The van der Waals surface area contributed by atoms with Gasteiger partial charge in [0.1, 0.15) is 0 Å². The zero-order chi connectivity index (χ0) is 12.0. The molecule has 1 rings (SSSR count). The fourth-order valence-corrected chi connectivity index (χ4v) is 2.06. The summed E-state index contributed by atoms with van der Waals surface area (Å²) in [6.45, 7) is 2.61. The Morgan fingerprint density at radius 1 is 1.44 bits per heavy atom. The van der Waals surface area contributed by atoms with Crippen molar-refractivity contribution in [2.24, 2.45) is 0 Å². The lowest BCUT2D eigenvalue weighted by molar-refractivity contribution is 0.0952. The van der Waals surface area contributed by atoms with Crippen LogP contribution in [0.5, 0.6) is 0 Å². The third-order valence-corrected chi connectivity index (χ3v) is 3.04. The van der Waals surface area contributed by atoms with Crippen LogP contribution in [0.2, 0.25) is 0 Å². The molecule has 0 unspecified atom stereocenters. The average molecular weight is 305 g/mol. The van der Waals surface area contributed by atoms with Gasteiger partial charge in [0.05, 0.1) is 0 Å². The minimum absolute atomic E-state index is 0.0143. The zero-order valence-corrected chi connectivity index (χ0v) is 11.6. The maximum absolute atomic E-state index is 11.8. The Morgan fingerprint density at radius 2 is 2.19 bits per heavy atom. The lowest BCUT2D eigenvalue weighted by Gasteiger charge is -2.07. The molecule has 0 saturated carbocycles. The van der Waals surface area contributed by atoms with E-state index in [-0.39, 0.29) is 5.91 Å². The Kier molecular flexibility index (Phi) is 5.85. The number of aryl methyl sites for hydroxylation is 1. The van der Waals surface area contributed by atoms with Crippen LogP contribution in [0.4, 0.5) is 0 Å². The highest BCUT2D eigenvalue weighted by Gasteiger charge is 2.07. The van der Waals surface area contributed by atoms with Crippen molar-refractivity contribution in [3.63, 3.8) is 0 Å². The summed E-state index contributed by atoms with van der Waals surface area (Å²) in [6.07, 6.45) is 1.85. The van der Waals surface area contributed by atoms with Crippen molar-refractivity contribution in [3.05, 3.63) is 33.8 Å². The Bertz CT molecular complexity index is 368. The number of hydrogen-bond acceptors (Lipinski definition) is 1. The Balaban J connectivity index is 2.53. The number of alkyl halides is 1. The largest absolute Gasteiger partial charge is 0.352 e. The van der Waals surface area contributed by atoms with Gasteiger partial charge >= 0.3 is 0 Å². The van der Waals surface area contributed by atoms with Crippen LogP contribution in [0.1, 0.15) is 28.8 Å². The van der Waals surface area contributed by atoms with Crippen LogP contribution in [0, 0.1) is 6.92 Å². The highest BCUT2D eigenvalue weighted by Crippen LogP contribution is 2.15. The predicted octanol–water partition coefficient (Wildman–Crippen LogP) is 3.51. The summed E-state index contributed by atoms with van der Waals surface area (Å²) in [5, 5.41) is 2.88. The maximum Gasteiger partial charge on any atom is 0.251 e. The molecule has 0 spiro atoms. The van der Waals surface area contributed by atoms with E-state index in [1.165, 1.54) is 0 Å². The molecule has 0 heterocycles. The summed E-state index contributed by atoms with van der Waals surface area (Å²) < 4.78 is 0.990. The Labute approximate surface area is 110 Å². The molecule has 0 aromatic heterocycles. The minimum Gasteiger partial charge on any atom is -0.352 e. The summed E-state index contributed by atoms with van der Waals surface area (Å²) in [5.74, 6) is 0.632. The molecule has 0 fully saturated rings. The number of nitrogens with one attached hydrogen (secondary N) is 1. The van der Waals surface area contributed by atoms with Crippen molar-refractivity contribution in [1.82, 2.24) is 5.32 Å². The number of benzene rings is 1. The summed E-state index contributed by atoms with van der Waals surface area (Å²) in [6, 6.07) is 5.64. The fourth-order valence-electron chi connectivity index (χ4n) is 1.40. The van der Waals surface area contributed by atoms with Crippen molar-refractivity contribution in [2.45, 2.75) is 19.8 Å². The molecule has 1 amide bonds. The lowest BCUT2D eigenvalue weighted by atomic mass is 10.1. The van der Waals surface area contributed by atoms with Crippen LogP contribution < -0.4 is 5.32 Å². The average Bonchev–Trinajstić information content (AvgIpc) is 2.24. The second kappa shape index (κ2) is 6.92. The first-order valence-electron chi connectivity index (χ1n) is 5.25. The van der Waals surface area contributed by atoms with Gasteiger partial charge in [0.25, 0.3) is 5.91 Å². The van der Waals surface area contributed by atoms with Gasteiger partial charge in [-0.05, 0) is 43.5 Å². The smallest absolute Gasteiger partial charge is 0.251 e. The molecule has 0 radical (unpaired) electrons. The third-order valence-electron chi connectivity index (χ3n) is 2.28. The molecule has 2 nitrogen and oxygen atoms in total. The van der Waals surface area contributed by atoms with Gasteiger partial charge in [0.2, 0.25) is 0 Å². The normalized spacial score (nSPS) is 10.2. The number of unbranched alkanes of at least 4 members (excludes halogenated alkanes) is 1. The van der Waals surface area contributed by atoms with Gasteiger partial charge in [-0.15, -0.1) is 11.6 Å². The van der Waals surface area contributed by atoms with Crippen LogP contribution in [0.25, 0.3) is 0 Å². The number of halogens is 2. The van der Waals surface area contributed by atoms with Crippen LogP contribution in [0.15, 0.2) is 22.7 Å². The molecule has 4 heteroatoms. The molecule has 16 heavy (non-hydrogen) atoms. The molecular formula is C12H15BrClNO. The quantitative estimate of drug-likeness (QED) is 0.654. The molecule has 88 valence electrons. The minimum atomic E-state index is -0.0143. The number of carbonyl (C=O) groups is 1. The van der Waals surface area contributed by atoms with Gasteiger partial charge in [0, 0.05) is 22.5 Å². The van der Waals surface area contributed by atoms with Crippen molar-refractivity contribution in [3.8, 4) is 0 Å². The van der Waals surface area contributed by atoms with Gasteiger partial charge < -0.3 is 5.32 Å². The Hall–Kier alpha value is -0.540. The molecule has 0 bridgehead atoms. The van der Waals surface area contributed by atoms with E-state index in [1.54, 1.807) is 0 Å². The molecule has 0 atom stereocenters. The fraction of sp³-hybridized carbons (Fsp3) is 0.417. The van der Waals surface area contributed by atoms with Crippen LogP contribution >= 0.6 is 27.5 Å². The van der Waals surface area contributed by atoms with Crippen LogP contribution in [0.3, 0.4) is 0 Å². The highest BCUT2D eigenvalue weighted by atomic mass is 79.9. The predicted molar refractivity (Wildman–Crippen MR) is 71.2 cm³/mol. The molecule has 0 aliphatic carbocycles. The zero-order valence-electron chi connectivity index (χ0n) is 9.22. The van der Waals surface area contributed by atoms with Crippen molar-refractivity contribution < 1.29 is 4.79 Å². The summed E-state index contributed by atoms with van der Waals surface area (Å²) in [7, 11) is 0. The van der Waals surface area contributed by atoms with E-state index in [4.69, 9.17) is 11.6 Å². The first-order chi connectivity index (χ1) is 7.65. The van der Waals surface area contributed by atoms with Gasteiger partial charge in [-0.3, -0.25) is 4.79 Å². The van der Waals surface area contributed by atoms with Crippen molar-refractivity contribution in [2.75, 3.05) is 12.4 Å². The van der Waals surface area contributed by atoms with Crippen LogP contribution in [-0.4, -0.2) is 18.3 Å². The molecule has 1 N–H and O–H groups in total. The SMILES string of the molecule is Cc1cc(Br)ccc1C(=O)NCCCCCl. The van der Waals surface area contributed by atoms with Gasteiger partial charge in [0.15, 0.2) is 0 Å². The monoisotopic (exact) mass is 303 g/mol. The highest BCUT2D eigenvalue weighted by molar-refractivity contribution is 9.10. The standard InChI is InChI=1S/C12H15BrClNO/c1-9-8-10(13)4-5-11(9)12(16)15-7-3-2-6-14/h4-5,8H,2-3,6-7H2,1H3,(H,15,16). The number of amides is 1. The number of carbonyl (C=O) groups excluding carboxylic acids is 1. The molecule has 0 aliphatic rings. The molecule has 0 aliphatic heterocycles. The van der Waals surface area contributed by atoms with Gasteiger partial charge in [-0.1, -0.05) is 15.9 Å². The summed E-state index contributed by atoms with van der Waals surface area (Å²) in [5.41, 5.74) is 1.71. The number of hydrogen-bond donors (Lipinski definition) is 1. The van der Waals surface area contributed by atoms with E-state index >= 15 is 0 Å². The molecule has 1 aromatic carbocycles. The topological polar surface area (TPSA) is 29.1 Å². The van der Waals surface area contributed by atoms with Crippen molar-refractivity contribution in [1.29, 1.82) is 0 Å². The first-order valence-corrected chi connectivity index (χ1v) is 6.58.